The summed E-state index contributed by atoms with van der Waals surface area (Å²) in [5.74, 6) is -0.0658. The number of pyridine rings is 1. The number of benzene rings is 1. The topological polar surface area (TPSA) is 84.9 Å². The Bertz CT molecular complexity index is 1070. The Hall–Kier alpha value is -2.62. The monoisotopic (exact) mass is 385 g/mol. The van der Waals surface area contributed by atoms with E-state index in [0.717, 1.165) is 18.4 Å². The summed E-state index contributed by atoms with van der Waals surface area (Å²) in [6.07, 6.45) is -2.36. The Morgan fingerprint density at radius 1 is 1.19 bits per heavy atom. The fourth-order valence-electron chi connectivity index (χ4n) is 2.60. The molecule has 3 rings (SSSR count). The Kier molecular flexibility index (Phi) is 4.61. The first-order chi connectivity index (χ1) is 12.2. The average Bonchev–Trinajstić information content (AvgIpc) is 2.96. The van der Waals surface area contributed by atoms with E-state index in [1.54, 1.807) is 6.07 Å². The summed E-state index contributed by atoms with van der Waals surface area (Å²) in [5.41, 5.74) is 0.287. The molecule has 2 heterocycles. The van der Waals surface area contributed by atoms with E-state index in [1.165, 1.54) is 19.2 Å². The minimum Gasteiger partial charge on any atom is -0.442 e. The SMILES string of the molecule is CC(F)Oc1n[nH]c2ccnc(-c3ccc(S(C)(=O)=O)c(C(F)F)c3)c12. The molecule has 0 aliphatic heterocycles. The number of H-pyrrole nitrogens is 1. The predicted octanol–water partition coefficient (Wildman–Crippen LogP) is 3.66. The van der Waals surface area contributed by atoms with Gasteiger partial charge in [0.05, 0.1) is 21.5 Å². The largest absolute Gasteiger partial charge is 0.442 e. The van der Waals surface area contributed by atoms with Crippen molar-refractivity contribution in [2.75, 3.05) is 6.26 Å². The second-order valence-electron chi connectivity index (χ2n) is 5.60. The third-order valence-corrected chi connectivity index (χ3v) is 4.81. The van der Waals surface area contributed by atoms with Crippen LogP contribution in [-0.4, -0.2) is 36.2 Å². The zero-order chi connectivity index (χ0) is 19.1. The van der Waals surface area contributed by atoms with Crippen LogP contribution in [0.2, 0.25) is 0 Å². The molecule has 0 saturated carbocycles. The molecule has 1 aromatic carbocycles. The van der Waals surface area contributed by atoms with Gasteiger partial charge in [0, 0.05) is 30.5 Å². The first-order valence-electron chi connectivity index (χ1n) is 7.45. The molecule has 0 spiro atoms. The third-order valence-electron chi connectivity index (χ3n) is 3.63. The molecule has 0 bridgehead atoms. The number of nitrogens with zero attached hydrogens (tertiary/aromatic N) is 2. The van der Waals surface area contributed by atoms with Crippen molar-refractivity contribution in [1.29, 1.82) is 0 Å². The van der Waals surface area contributed by atoms with Gasteiger partial charge in [-0.2, -0.15) is 0 Å². The molecule has 6 nitrogen and oxygen atoms in total. The van der Waals surface area contributed by atoms with Crippen molar-refractivity contribution in [3.05, 3.63) is 36.0 Å². The zero-order valence-electron chi connectivity index (χ0n) is 13.7. The van der Waals surface area contributed by atoms with Crippen LogP contribution in [0.4, 0.5) is 13.2 Å². The molecule has 0 aliphatic rings. The van der Waals surface area contributed by atoms with Gasteiger partial charge in [0.25, 0.3) is 6.43 Å². The fraction of sp³-hybridized carbons (Fsp3) is 0.250. The lowest BCUT2D eigenvalue weighted by atomic mass is 10.0. The molecule has 1 atom stereocenters. The highest BCUT2D eigenvalue weighted by Gasteiger charge is 2.23. The maximum absolute atomic E-state index is 13.4. The van der Waals surface area contributed by atoms with Gasteiger partial charge < -0.3 is 4.74 Å². The normalized spacial score (nSPS) is 13.3. The van der Waals surface area contributed by atoms with Crippen LogP contribution in [0.3, 0.4) is 0 Å². The standard InChI is InChI=1S/C16H14F3N3O3S/c1-8(17)25-16-13-11(21-22-16)5-6-20-14(13)9-3-4-12(26(2,23)24)10(7-9)15(18)19/h3-8,15H,1-2H3,(H,21,22). The second-order valence-corrected chi connectivity index (χ2v) is 7.58. The van der Waals surface area contributed by atoms with Gasteiger partial charge in [-0.05, 0) is 18.2 Å². The summed E-state index contributed by atoms with van der Waals surface area (Å²) < 4.78 is 68.4. The number of ether oxygens (including phenoxy) is 1. The molecular formula is C16H14F3N3O3S. The van der Waals surface area contributed by atoms with Gasteiger partial charge in [0.2, 0.25) is 12.2 Å². The number of nitrogens with one attached hydrogen (secondary N) is 1. The Balaban J connectivity index is 2.24. The fourth-order valence-corrected chi connectivity index (χ4v) is 3.49. The Morgan fingerprint density at radius 2 is 1.92 bits per heavy atom. The smallest absolute Gasteiger partial charge is 0.265 e. The minimum absolute atomic E-state index is 0.0658. The molecule has 3 aromatic rings. The highest BCUT2D eigenvalue weighted by atomic mass is 32.2. The van der Waals surface area contributed by atoms with Crippen molar-refractivity contribution in [3.8, 4) is 17.1 Å². The molecule has 0 aliphatic carbocycles. The van der Waals surface area contributed by atoms with Crippen LogP contribution in [0.1, 0.15) is 18.9 Å². The van der Waals surface area contributed by atoms with Gasteiger partial charge in [0.15, 0.2) is 9.84 Å². The molecule has 2 aromatic heterocycles. The number of hydrogen-bond donors (Lipinski definition) is 1. The summed E-state index contributed by atoms with van der Waals surface area (Å²) >= 11 is 0. The van der Waals surface area contributed by atoms with Crippen molar-refractivity contribution < 1.29 is 26.3 Å². The first kappa shape index (κ1) is 18.2. The summed E-state index contributed by atoms with van der Waals surface area (Å²) in [7, 11) is -3.83. The van der Waals surface area contributed by atoms with Gasteiger partial charge in [-0.3, -0.25) is 10.1 Å². The van der Waals surface area contributed by atoms with Crippen LogP contribution in [0, 0.1) is 0 Å². The zero-order valence-corrected chi connectivity index (χ0v) is 14.5. The average molecular weight is 385 g/mol. The molecular weight excluding hydrogens is 371 g/mol. The number of sulfone groups is 1. The van der Waals surface area contributed by atoms with Crippen LogP contribution < -0.4 is 4.74 Å². The van der Waals surface area contributed by atoms with E-state index >= 15 is 0 Å². The quantitative estimate of drug-likeness (QED) is 0.725. The van der Waals surface area contributed by atoms with E-state index < -0.39 is 33.1 Å². The molecule has 138 valence electrons. The van der Waals surface area contributed by atoms with E-state index in [9.17, 15) is 21.6 Å². The van der Waals surface area contributed by atoms with Crippen LogP contribution in [0.25, 0.3) is 22.2 Å². The van der Waals surface area contributed by atoms with E-state index in [-0.39, 0.29) is 17.1 Å². The van der Waals surface area contributed by atoms with E-state index in [2.05, 4.69) is 15.2 Å². The number of fused-ring (bicyclic) bond motifs is 1. The van der Waals surface area contributed by atoms with Gasteiger partial charge in [-0.25, -0.2) is 21.6 Å². The van der Waals surface area contributed by atoms with Gasteiger partial charge in [-0.15, -0.1) is 5.10 Å². The third kappa shape index (κ3) is 3.36. The van der Waals surface area contributed by atoms with Crippen LogP contribution >= 0.6 is 0 Å². The maximum atomic E-state index is 13.4. The molecule has 1 unspecified atom stereocenters. The summed E-state index contributed by atoms with van der Waals surface area (Å²) in [5, 5.41) is 6.83. The number of halogens is 3. The van der Waals surface area contributed by atoms with Gasteiger partial charge >= 0.3 is 0 Å². The van der Waals surface area contributed by atoms with Crippen LogP contribution in [0.5, 0.6) is 5.88 Å². The van der Waals surface area contributed by atoms with Gasteiger partial charge in [0.1, 0.15) is 0 Å². The van der Waals surface area contributed by atoms with E-state index in [0.29, 0.717) is 10.9 Å². The minimum atomic E-state index is -3.83. The maximum Gasteiger partial charge on any atom is 0.265 e. The van der Waals surface area contributed by atoms with Crippen molar-refractivity contribution >= 4 is 20.7 Å². The molecule has 0 amide bonds. The second kappa shape index (κ2) is 6.60. The number of rotatable bonds is 5. The lowest BCUT2D eigenvalue weighted by Gasteiger charge is -2.11. The van der Waals surface area contributed by atoms with E-state index in [1.807, 2.05) is 0 Å². The van der Waals surface area contributed by atoms with Gasteiger partial charge in [-0.1, -0.05) is 6.07 Å². The number of aromatic nitrogens is 3. The van der Waals surface area contributed by atoms with Crippen molar-refractivity contribution in [2.24, 2.45) is 0 Å². The molecule has 0 saturated heterocycles. The molecule has 0 radical (unpaired) electrons. The number of alkyl halides is 3. The van der Waals surface area contributed by atoms with Crippen LogP contribution in [0.15, 0.2) is 35.4 Å². The Morgan fingerprint density at radius 3 is 2.54 bits per heavy atom. The number of aromatic amines is 1. The lowest BCUT2D eigenvalue weighted by Crippen LogP contribution is -2.05. The molecule has 0 fully saturated rings. The van der Waals surface area contributed by atoms with E-state index in [4.69, 9.17) is 4.74 Å². The van der Waals surface area contributed by atoms with Crippen molar-refractivity contribution in [3.63, 3.8) is 0 Å². The molecule has 10 heteroatoms. The summed E-state index contributed by atoms with van der Waals surface area (Å²) in [6.45, 7) is 1.17. The molecule has 26 heavy (non-hydrogen) atoms. The Labute approximate surface area is 146 Å². The number of hydrogen-bond acceptors (Lipinski definition) is 5. The molecule has 1 N–H and O–H groups in total. The predicted molar refractivity (Wildman–Crippen MR) is 88.6 cm³/mol. The van der Waals surface area contributed by atoms with Crippen LogP contribution in [-0.2, 0) is 9.84 Å². The summed E-state index contributed by atoms with van der Waals surface area (Å²) in [4.78, 5) is 3.70. The first-order valence-corrected chi connectivity index (χ1v) is 9.34. The highest BCUT2D eigenvalue weighted by molar-refractivity contribution is 7.90. The van der Waals surface area contributed by atoms with Crippen molar-refractivity contribution in [1.82, 2.24) is 15.2 Å². The highest BCUT2D eigenvalue weighted by Crippen LogP contribution is 2.36. The summed E-state index contributed by atoms with van der Waals surface area (Å²) in [6, 6.07) is 5.09. The lowest BCUT2D eigenvalue weighted by molar-refractivity contribution is 0.0825. The van der Waals surface area contributed by atoms with Crippen molar-refractivity contribution in [2.45, 2.75) is 24.6 Å².